The third-order valence-corrected chi connectivity index (χ3v) is 1.92. The fraction of sp³-hybridized carbons (Fsp3) is 0.273. The predicted molar refractivity (Wildman–Crippen MR) is 53.3 cm³/mol. The van der Waals surface area contributed by atoms with Crippen LogP contribution in [0.15, 0.2) is 18.2 Å². The molecule has 0 atom stereocenters. The van der Waals surface area contributed by atoms with Crippen LogP contribution in [0.25, 0.3) is 0 Å². The average Bonchev–Trinajstić information content (AvgIpc) is 2.28. The molecule has 0 aliphatic carbocycles. The van der Waals surface area contributed by atoms with Gasteiger partial charge in [-0.2, -0.15) is 0 Å². The van der Waals surface area contributed by atoms with Crippen LogP contribution < -0.4 is 9.84 Å². The molecule has 0 spiro atoms. The van der Waals surface area contributed by atoms with E-state index >= 15 is 0 Å². The lowest BCUT2D eigenvalue weighted by atomic mass is 10.1. The normalized spacial score (nSPS) is 9.62. The zero-order chi connectivity index (χ0) is 12.1. The Bertz CT molecular complexity index is 411. The Labute approximate surface area is 92.6 Å². The van der Waals surface area contributed by atoms with Gasteiger partial charge in [-0.25, -0.2) is 4.79 Å². The maximum absolute atomic E-state index is 11.2. The van der Waals surface area contributed by atoms with Gasteiger partial charge >= 0.3 is 5.97 Å². The van der Waals surface area contributed by atoms with Crippen molar-refractivity contribution in [3.05, 3.63) is 29.3 Å². The number of carbonyl (C=O) groups excluding carboxylic acids is 2. The Morgan fingerprint density at radius 1 is 1.38 bits per heavy atom. The zero-order valence-corrected chi connectivity index (χ0v) is 8.98. The quantitative estimate of drug-likeness (QED) is 0.683. The molecule has 0 saturated heterocycles. The number of methoxy groups -OCH3 is 1. The molecule has 0 heterocycles. The third kappa shape index (κ3) is 2.50. The highest BCUT2D eigenvalue weighted by atomic mass is 16.5. The van der Waals surface area contributed by atoms with Crippen molar-refractivity contribution in [1.29, 1.82) is 0 Å². The minimum Gasteiger partial charge on any atom is -0.545 e. The van der Waals surface area contributed by atoms with Crippen LogP contribution in [0, 0.1) is 0 Å². The minimum absolute atomic E-state index is 0.144. The number of aromatic carboxylic acids is 1. The Hall–Kier alpha value is -2.04. The van der Waals surface area contributed by atoms with Crippen molar-refractivity contribution >= 4 is 11.9 Å². The van der Waals surface area contributed by atoms with Crippen molar-refractivity contribution < 1.29 is 24.2 Å². The molecule has 0 radical (unpaired) electrons. The van der Waals surface area contributed by atoms with Gasteiger partial charge in [0.15, 0.2) is 0 Å². The second-order valence-electron chi connectivity index (χ2n) is 2.92. The molecule has 1 aromatic carbocycles. The van der Waals surface area contributed by atoms with E-state index in [0.29, 0.717) is 6.61 Å². The molecule has 0 N–H and O–H groups in total. The molecule has 0 aliphatic rings. The van der Waals surface area contributed by atoms with Crippen molar-refractivity contribution in [2.45, 2.75) is 6.92 Å². The van der Waals surface area contributed by atoms with E-state index in [1.54, 1.807) is 6.92 Å². The van der Waals surface area contributed by atoms with Gasteiger partial charge in [0.05, 0.1) is 25.2 Å². The van der Waals surface area contributed by atoms with Crippen LogP contribution >= 0.6 is 0 Å². The maximum atomic E-state index is 11.2. The van der Waals surface area contributed by atoms with Crippen LogP contribution in [-0.2, 0) is 4.74 Å². The summed E-state index contributed by atoms with van der Waals surface area (Å²) in [6, 6.07) is 4.01. The summed E-state index contributed by atoms with van der Waals surface area (Å²) in [7, 11) is 1.22. The molecule has 0 fully saturated rings. The van der Waals surface area contributed by atoms with E-state index in [1.165, 1.54) is 25.3 Å². The van der Waals surface area contributed by atoms with E-state index in [0.717, 1.165) is 0 Å². The fourth-order valence-corrected chi connectivity index (χ4v) is 1.22. The van der Waals surface area contributed by atoms with E-state index in [1.807, 2.05) is 0 Å². The standard InChI is InChI=1S/C11H12O5/c1-3-16-9-5-4-7(11(14)15-2)6-8(9)10(12)13/h4-6H,3H2,1-2H3,(H,12,13)/p-1. The zero-order valence-electron chi connectivity index (χ0n) is 8.98. The van der Waals surface area contributed by atoms with Crippen molar-refractivity contribution in [1.82, 2.24) is 0 Å². The molecular formula is C11H11O5-. The van der Waals surface area contributed by atoms with Crippen LogP contribution in [0.1, 0.15) is 27.6 Å². The summed E-state index contributed by atoms with van der Waals surface area (Å²) < 4.78 is 9.57. The Balaban J connectivity index is 3.17. The first-order valence-electron chi connectivity index (χ1n) is 4.66. The van der Waals surface area contributed by atoms with Gasteiger partial charge in [0.25, 0.3) is 0 Å². The van der Waals surface area contributed by atoms with E-state index in [-0.39, 0.29) is 16.9 Å². The molecule has 0 unspecified atom stereocenters. The molecule has 0 saturated carbocycles. The number of carboxylic acid groups (broad SMARTS) is 1. The minimum atomic E-state index is -1.39. The molecule has 5 nitrogen and oxygen atoms in total. The topological polar surface area (TPSA) is 75.7 Å². The lowest BCUT2D eigenvalue weighted by Gasteiger charge is -2.11. The number of rotatable bonds is 4. The number of benzene rings is 1. The fourth-order valence-electron chi connectivity index (χ4n) is 1.22. The van der Waals surface area contributed by atoms with E-state index in [2.05, 4.69) is 4.74 Å². The third-order valence-electron chi connectivity index (χ3n) is 1.92. The summed E-state index contributed by atoms with van der Waals surface area (Å²) in [5.74, 6) is -1.82. The summed E-state index contributed by atoms with van der Waals surface area (Å²) in [5, 5.41) is 10.8. The molecule has 5 heteroatoms. The number of carboxylic acids is 1. The second kappa shape index (κ2) is 5.16. The smallest absolute Gasteiger partial charge is 0.337 e. The van der Waals surface area contributed by atoms with Crippen LogP contribution in [0.2, 0.25) is 0 Å². The molecule has 86 valence electrons. The molecule has 0 aliphatic heterocycles. The summed E-state index contributed by atoms with van der Waals surface area (Å²) in [5.41, 5.74) is -0.0186. The molecule has 1 rings (SSSR count). The molecule has 16 heavy (non-hydrogen) atoms. The van der Waals surface area contributed by atoms with Gasteiger partial charge in [-0.1, -0.05) is 0 Å². The van der Waals surface area contributed by atoms with Gasteiger partial charge in [0.1, 0.15) is 5.75 Å². The molecule has 1 aromatic rings. The van der Waals surface area contributed by atoms with Crippen LogP contribution in [0.4, 0.5) is 0 Å². The first-order valence-corrected chi connectivity index (χ1v) is 4.66. The van der Waals surface area contributed by atoms with E-state index in [4.69, 9.17) is 4.74 Å². The number of ether oxygens (including phenoxy) is 2. The Morgan fingerprint density at radius 2 is 2.06 bits per heavy atom. The van der Waals surface area contributed by atoms with Crippen LogP contribution in [0.5, 0.6) is 5.75 Å². The Morgan fingerprint density at radius 3 is 2.56 bits per heavy atom. The van der Waals surface area contributed by atoms with Crippen LogP contribution in [-0.4, -0.2) is 25.7 Å². The molecule has 0 amide bonds. The van der Waals surface area contributed by atoms with Gasteiger partial charge in [-0.3, -0.25) is 0 Å². The van der Waals surface area contributed by atoms with Crippen molar-refractivity contribution in [3.8, 4) is 5.75 Å². The number of carbonyl (C=O) groups is 2. The van der Waals surface area contributed by atoms with Gasteiger partial charge in [-0.05, 0) is 25.1 Å². The van der Waals surface area contributed by atoms with Gasteiger partial charge in [0.2, 0.25) is 0 Å². The van der Waals surface area contributed by atoms with Crippen molar-refractivity contribution in [2.24, 2.45) is 0 Å². The summed E-state index contributed by atoms with van der Waals surface area (Å²) >= 11 is 0. The summed E-state index contributed by atoms with van der Waals surface area (Å²) in [6.45, 7) is 2.06. The number of hydrogen-bond donors (Lipinski definition) is 0. The van der Waals surface area contributed by atoms with Crippen LogP contribution in [0.3, 0.4) is 0 Å². The predicted octanol–water partition coefficient (Wildman–Crippen LogP) is 0.235. The number of hydrogen-bond acceptors (Lipinski definition) is 5. The highest BCUT2D eigenvalue weighted by Crippen LogP contribution is 2.20. The second-order valence-corrected chi connectivity index (χ2v) is 2.92. The first-order chi connectivity index (χ1) is 7.60. The molecule has 0 bridgehead atoms. The average molecular weight is 223 g/mol. The van der Waals surface area contributed by atoms with Crippen molar-refractivity contribution in [2.75, 3.05) is 13.7 Å². The highest BCUT2D eigenvalue weighted by Gasteiger charge is 2.11. The molecular weight excluding hydrogens is 212 g/mol. The van der Waals surface area contributed by atoms with Crippen molar-refractivity contribution in [3.63, 3.8) is 0 Å². The van der Waals surface area contributed by atoms with E-state index < -0.39 is 11.9 Å². The van der Waals surface area contributed by atoms with Gasteiger partial charge in [0, 0.05) is 5.56 Å². The highest BCUT2D eigenvalue weighted by molar-refractivity contribution is 5.95. The lowest BCUT2D eigenvalue weighted by molar-refractivity contribution is -0.255. The largest absolute Gasteiger partial charge is 0.545 e. The summed E-state index contributed by atoms with van der Waals surface area (Å²) in [4.78, 5) is 22.0. The monoisotopic (exact) mass is 223 g/mol. The lowest BCUT2D eigenvalue weighted by Crippen LogP contribution is -2.23. The maximum Gasteiger partial charge on any atom is 0.337 e. The number of esters is 1. The van der Waals surface area contributed by atoms with Gasteiger partial charge < -0.3 is 19.4 Å². The van der Waals surface area contributed by atoms with Gasteiger partial charge in [-0.15, -0.1) is 0 Å². The SMILES string of the molecule is CCOc1ccc(C(=O)OC)cc1C(=O)[O-]. The van der Waals surface area contributed by atoms with E-state index in [9.17, 15) is 14.7 Å². The summed E-state index contributed by atoms with van der Waals surface area (Å²) in [6.07, 6.45) is 0. The molecule has 0 aromatic heterocycles. The first kappa shape index (κ1) is 12.0. The Kier molecular flexibility index (Phi) is 3.88.